The maximum absolute atomic E-state index is 12.6. The molecular weight excluding hydrogens is 340 g/mol. The summed E-state index contributed by atoms with van der Waals surface area (Å²) < 4.78 is 0. The van der Waals surface area contributed by atoms with Crippen LogP contribution in [-0.4, -0.2) is 26.5 Å². The minimum atomic E-state index is -0.0848. The number of aromatic hydroxyl groups is 1. The number of nitrogen functional groups attached to an aromatic ring is 1. The second kappa shape index (κ2) is 6.89. The smallest absolute Gasteiger partial charge is 0.255 e. The zero-order valence-electron chi connectivity index (χ0n) is 15.2. The summed E-state index contributed by atoms with van der Waals surface area (Å²) in [5, 5.41) is 9.68. The van der Waals surface area contributed by atoms with Crippen LogP contribution >= 0.6 is 0 Å². The fourth-order valence-corrected chi connectivity index (χ4v) is 3.47. The first-order valence-corrected chi connectivity index (χ1v) is 8.98. The average molecular weight is 362 g/mol. The Hall–Kier alpha value is -3.12. The van der Waals surface area contributed by atoms with Crippen molar-refractivity contribution in [2.24, 2.45) is 0 Å². The molecule has 0 saturated carbocycles. The van der Waals surface area contributed by atoms with Crippen molar-refractivity contribution < 1.29 is 5.11 Å². The van der Waals surface area contributed by atoms with Gasteiger partial charge in [-0.3, -0.25) is 9.69 Å². The number of hydrogen-bond donors (Lipinski definition) is 3. The van der Waals surface area contributed by atoms with Gasteiger partial charge in [0.15, 0.2) is 0 Å². The minimum absolute atomic E-state index is 0.0848. The molecule has 6 heteroatoms. The van der Waals surface area contributed by atoms with Crippen LogP contribution in [0.15, 0.2) is 47.3 Å². The van der Waals surface area contributed by atoms with Crippen molar-refractivity contribution in [2.75, 3.05) is 12.3 Å². The van der Waals surface area contributed by atoms with Gasteiger partial charge in [0.05, 0.1) is 11.3 Å². The van der Waals surface area contributed by atoms with Gasteiger partial charge in [0, 0.05) is 37.3 Å². The SMILES string of the molecule is Cc1cc(CN2CCc3nc(-c4ccc(N)cc4)[nH]c(=O)c3C2)ccc1O. The first-order chi connectivity index (χ1) is 13.0. The summed E-state index contributed by atoms with van der Waals surface area (Å²) in [5.41, 5.74) is 10.8. The number of aromatic nitrogens is 2. The number of aryl methyl sites for hydroxylation is 1. The average Bonchev–Trinajstić information content (AvgIpc) is 2.66. The van der Waals surface area contributed by atoms with Crippen LogP contribution in [0.2, 0.25) is 0 Å². The number of rotatable bonds is 3. The molecule has 0 bridgehead atoms. The van der Waals surface area contributed by atoms with E-state index in [-0.39, 0.29) is 5.56 Å². The van der Waals surface area contributed by atoms with Crippen molar-refractivity contribution in [1.29, 1.82) is 0 Å². The molecule has 2 heterocycles. The van der Waals surface area contributed by atoms with Gasteiger partial charge in [-0.05, 0) is 48.4 Å². The van der Waals surface area contributed by atoms with E-state index in [2.05, 4.69) is 14.9 Å². The van der Waals surface area contributed by atoms with Crippen LogP contribution in [0.25, 0.3) is 11.4 Å². The van der Waals surface area contributed by atoms with Crippen molar-refractivity contribution >= 4 is 5.69 Å². The van der Waals surface area contributed by atoms with Crippen molar-refractivity contribution in [3.63, 3.8) is 0 Å². The summed E-state index contributed by atoms with van der Waals surface area (Å²) in [5.74, 6) is 0.889. The number of nitrogens with zero attached hydrogens (tertiary/aromatic N) is 2. The number of nitrogens with two attached hydrogens (primary N) is 1. The van der Waals surface area contributed by atoms with Gasteiger partial charge in [0.25, 0.3) is 5.56 Å². The quantitative estimate of drug-likeness (QED) is 0.623. The van der Waals surface area contributed by atoms with Crippen LogP contribution in [0, 0.1) is 6.92 Å². The molecule has 0 aliphatic carbocycles. The highest BCUT2D eigenvalue weighted by molar-refractivity contribution is 5.58. The molecule has 27 heavy (non-hydrogen) atoms. The zero-order chi connectivity index (χ0) is 19.0. The van der Waals surface area contributed by atoms with E-state index in [9.17, 15) is 9.90 Å². The van der Waals surface area contributed by atoms with E-state index in [0.29, 0.717) is 23.8 Å². The van der Waals surface area contributed by atoms with E-state index in [1.807, 2.05) is 31.2 Å². The highest BCUT2D eigenvalue weighted by atomic mass is 16.3. The summed E-state index contributed by atoms with van der Waals surface area (Å²) in [6.07, 6.45) is 0.734. The third-order valence-corrected chi connectivity index (χ3v) is 5.00. The van der Waals surface area contributed by atoms with Crippen molar-refractivity contribution in [3.8, 4) is 17.1 Å². The molecule has 6 nitrogen and oxygen atoms in total. The van der Waals surface area contributed by atoms with Gasteiger partial charge in [-0.15, -0.1) is 0 Å². The molecule has 4 rings (SSSR count). The molecule has 0 spiro atoms. The molecule has 0 fully saturated rings. The first-order valence-electron chi connectivity index (χ1n) is 8.98. The van der Waals surface area contributed by atoms with Gasteiger partial charge in [-0.1, -0.05) is 12.1 Å². The predicted molar refractivity (Wildman–Crippen MR) is 105 cm³/mol. The monoisotopic (exact) mass is 362 g/mol. The molecule has 2 aromatic carbocycles. The van der Waals surface area contributed by atoms with E-state index in [1.165, 1.54) is 0 Å². The Balaban J connectivity index is 1.57. The van der Waals surface area contributed by atoms with Crippen molar-refractivity contribution in [3.05, 3.63) is 75.2 Å². The van der Waals surface area contributed by atoms with Gasteiger partial charge in [-0.2, -0.15) is 0 Å². The lowest BCUT2D eigenvalue weighted by Crippen LogP contribution is -2.35. The van der Waals surface area contributed by atoms with Gasteiger partial charge in [-0.25, -0.2) is 4.98 Å². The predicted octanol–water partition coefficient (Wildman–Crippen LogP) is 2.59. The van der Waals surface area contributed by atoms with Crippen LogP contribution in [0.4, 0.5) is 5.69 Å². The maximum atomic E-state index is 12.6. The molecule has 3 aromatic rings. The Kier molecular flexibility index (Phi) is 4.41. The third-order valence-electron chi connectivity index (χ3n) is 5.00. The molecule has 0 unspecified atom stereocenters. The Morgan fingerprint density at radius 1 is 1.22 bits per heavy atom. The number of phenolic OH excluding ortho intramolecular Hbond substituents is 1. The number of hydrogen-bond acceptors (Lipinski definition) is 5. The maximum Gasteiger partial charge on any atom is 0.255 e. The normalized spacial score (nSPS) is 14.1. The second-order valence-corrected chi connectivity index (χ2v) is 7.04. The summed E-state index contributed by atoms with van der Waals surface area (Å²) in [7, 11) is 0. The number of H-pyrrole nitrogens is 1. The van der Waals surface area contributed by atoms with Crippen molar-refractivity contribution in [2.45, 2.75) is 26.4 Å². The lowest BCUT2D eigenvalue weighted by Gasteiger charge is -2.28. The zero-order valence-corrected chi connectivity index (χ0v) is 15.2. The van der Waals surface area contributed by atoms with Gasteiger partial charge in [0.2, 0.25) is 0 Å². The molecule has 0 radical (unpaired) electrons. The Labute approximate surface area is 157 Å². The number of aromatic amines is 1. The van der Waals surface area contributed by atoms with Gasteiger partial charge in [0.1, 0.15) is 11.6 Å². The number of fused-ring (bicyclic) bond motifs is 1. The van der Waals surface area contributed by atoms with Gasteiger partial charge < -0.3 is 15.8 Å². The fourth-order valence-electron chi connectivity index (χ4n) is 3.47. The lowest BCUT2D eigenvalue weighted by atomic mass is 10.0. The van der Waals surface area contributed by atoms with E-state index < -0.39 is 0 Å². The lowest BCUT2D eigenvalue weighted by molar-refractivity contribution is 0.241. The minimum Gasteiger partial charge on any atom is -0.508 e. The third kappa shape index (κ3) is 3.57. The van der Waals surface area contributed by atoms with E-state index in [1.54, 1.807) is 18.2 Å². The molecule has 0 saturated heterocycles. The molecule has 4 N–H and O–H groups in total. The topological polar surface area (TPSA) is 95.2 Å². The van der Waals surface area contributed by atoms with Gasteiger partial charge >= 0.3 is 0 Å². The number of phenols is 1. The van der Waals surface area contributed by atoms with E-state index in [0.717, 1.165) is 47.5 Å². The summed E-state index contributed by atoms with van der Waals surface area (Å²) in [4.78, 5) is 22.5. The molecule has 1 aliphatic rings. The Morgan fingerprint density at radius 3 is 2.74 bits per heavy atom. The molecule has 1 aliphatic heterocycles. The highest BCUT2D eigenvalue weighted by Gasteiger charge is 2.21. The number of nitrogens with one attached hydrogen (secondary N) is 1. The summed E-state index contributed by atoms with van der Waals surface area (Å²) in [6, 6.07) is 13.0. The Bertz CT molecular complexity index is 1040. The van der Waals surface area contributed by atoms with Crippen LogP contribution in [0.5, 0.6) is 5.75 Å². The molecule has 138 valence electrons. The first kappa shape index (κ1) is 17.3. The molecule has 1 aromatic heterocycles. The van der Waals surface area contributed by atoms with Crippen molar-refractivity contribution in [1.82, 2.24) is 14.9 Å². The Morgan fingerprint density at radius 2 is 2.00 bits per heavy atom. The van der Waals surface area contributed by atoms with Crippen LogP contribution in [-0.2, 0) is 19.5 Å². The second-order valence-electron chi connectivity index (χ2n) is 7.04. The highest BCUT2D eigenvalue weighted by Crippen LogP contribution is 2.22. The number of benzene rings is 2. The fraction of sp³-hybridized carbons (Fsp3) is 0.238. The molecule has 0 amide bonds. The van der Waals surface area contributed by atoms with Crippen LogP contribution in [0.3, 0.4) is 0 Å². The summed E-state index contributed by atoms with van der Waals surface area (Å²) in [6.45, 7) is 4.03. The number of anilines is 1. The van der Waals surface area contributed by atoms with Crippen LogP contribution in [0.1, 0.15) is 22.4 Å². The standard InChI is InChI=1S/C21H22N4O2/c1-13-10-14(2-7-19(13)26)11-25-9-8-18-17(12-25)21(27)24-20(23-18)15-3-5-16(22)6-4-15/h2-7,10,26H,8-9,11-12,22H2,1H3,(H,23,24,27). The largest absolute Gasteiger partial charge is 0.508 e. The molecule has 0 atom stereocenters. The van der Waals surface area contributed by atoms with E-state index >= 15 is 0 Å². The summed E-state index contributed by atoms with van der Waals surface area (Å²) >= 11 is 0. The molecular formula is C21H22N4O2. The van der Waals surface area contributed by atoms with Crippen LogP contribution < -0.4 is 11.3 Å². The van der Waals surface area contributed by atoms with E-state index in [4.69, 9.17) is 5.73 Å².